The minimum Gasteiger partial charge on any atom is -0.497 e. The summed E-state index contributed by atoms with van der Waals surface area (Å²) < 4.78 is 5.13. The van der Waals surface area contributed by atoms with Gasteiger partial charge in [-0.1, -0.05) is 13.0 Å². The van der Waals surface area contributed by atoms with Crippen LogP contribution in [0.25, 0.3) is 0 Å². The predicted octanol–water partition coefficient (Wildman–Crippen LogP) is 3.42. The summed E-state index contributed by atoms with van der Waals surface area (Å²) in [6, 6.07) is 10.9. The van der Waals surface area contributed by atoms with E-state index in [-0.39, 0.29) is 18.4 Å². The van der Waals surface area contributed by atoms with E-state index in [0.29, 0.717) is 22.9 Å². The van der Waals surface area contributed by atoms with Gasteiger partial charge in [0.1, 0.15) is 12.3 Å². The van der Waals surface area contributed by atoms with Crippen molar-refractivity contribution in [3.05, 3.63) is 46.2 Å². The average Bonchev–Trinajstić information content (AvgIpc) is 3.08. The third-order valence-corrected chi connectivity index (χ3v) is 4.80. The first kappa shape index (κ1) is 18.0. The van der Waals surface area contributed by atoms with Gasteiger partial charge in [0.2, 0.25) is 5.91 Å². The molecule has 2 aromatic rings. The van der Waals surface area contributed by atoms with Gasteiger partial charge in [0.15, 0.2) is 0 Å². The standard InChI is InChI=1S/C18H22N2O3S/c1-4-15-9-10-16(24-15)18(22)20(5-2)12-17(21)19-13-7-6-8-14(11-13)23-3/h6-11H,4-5,12H2,1-3H3,(H,19,21). The van der Waals surface area contributed by atoms with Crippen LogP contribution < -0.4 is 10.1 Å². The molecule has 1 N–H and O–H groups in total. The zero-order chi connectivity index (χ0) is 17.5. The van der Waals surface area contributed by atoms with Gasteiger partial charge in [-0.2, -0.15) is 0 Å². The van der Waals surface area contributed by atoms with Crippen molar-refractivity contribution in [2.45, 2.75) is 20.3 Å². The van der Waals surface area contributed by atoms with Crippen LogP contribution in [0.2, 0.25) is 0 Å². The molecule has 24 heavy (non-hydrogen) atoms. The molecule has 2 rings (SSSR count). The van der Waals surface area contributed by atoms with E-state index in [2.05, 4.69) is 12.2 Å². The fourth-order valence-electron chi connectivity index (χ4n) is 2.24. The van der Waals surface area contributed by atoms with Crippen LogP contribution in [0.3, 0.4) is 0 Å². The van der Waals surface area contributed by atoms with E-state index in [0.717, 1.165) is 11.3 Å². The van der Waals surface area contributed by atoms with Crippen LogP contribution in [-0.4, -0.2) is 36.9 Å². The Morgan fingerprint density at radius 3 is 2.62 bits per heavy atom. The van der Waals surface area contributed by atoms with Gasteiger partial charge in [-0.3, -0.25) is 9.59 Å². The lowest BCUT2D eigenvalue weighted by molar-refractivity contribution is -0.116. The monoisotopic (exact) mass is 346 g/mol. The van der Waals surface area contributed by atoms with E-state index in [1.165, 1.54) is 11.3 Å². The van der Waals surface area contributed by atoms with Crippen molar-refractivity contribution >= 4 is 28.8 Å². The summed E-state index contributed by atoms with van der Waals surface area (Å²) in [5.41, 5.74) is 0.646. The van der Waals surface area contributed by atoms with Gasteiger partial charge in [-0.25, -0.2) is 0 Å². The van der Waals surface area contributed by atoms with E-state index in [9.17, 15) is 9.59 Å². The summed E-state index contributed by atoms with van der Waals surface area (Å²) in [6.45, 7) is 4.42. The second kappa shape index (κ2) is 8.49. The lowest BCUT2D eigenvalue weighted by atomic mass is 10.3. The van der Waals surface area contributed by atoms with Crippen LogP contribution in [0.4, 0.5) is 5.69 Å². The number of hydrogen-bond acceptors (Lipinski definition) is 4. The highest BCUT2D eigenvalue weighted by Gasteiger charge is 2.19. The van der Waals surface area contributed by atoms with Crippen LogP contribution in [0, 0.1) is 0 Å². The number of amides is 2. The number of nitrogens with one attached hydrogen (secondary N) is 1. The molecule has 0 saturated heterocycles. The number of anilines is 1. The van der Waals surface area contributed by atoms with Gasteiger partial charge in [0, 0.05) is 23.2 Å². The molecule has 128 valence electrons. The second-order valence-electron chi connectivity index (χ2n) is 5.22. The van der Waals surface area contributed by atoms with Crippen LogP contribution >= 0.6 is 11.3 Å². The number of aryl methyl sites for hydroxylation is 1. The average molecular weight is 346 g/mol. The van der Waals surface area contributed by atoms with Crippen LogP contribution in [0.15, 0.2) is 36.4 Å². The van der Waals surface area contributed by atoms with Gasteiger partial charge in [0.05, 0.1) is 12.0 Å². The molecule has 0 bridgehead atoms. The van der Waals surface area contributed by atoms with E-state index < -0.39 is 0 Å². The Hall–Kier alpha value is -2.34. The van der Waals surface area contributed by atoms with Gasteiger partial charge in [0.25, 0.3) is 5.91 Å². The van der Waals surface area contributed by atoms with Gasteiger partial charge < -0.3 is 15.0 Å². The number of nitrogens with zero attached hydrogens (tertiary/aromatic N) is 1. The Bertz CT molecular complexity index is 712. The van der Waals surface area contributed by atoms with Crippen molar-refractivity contribution in [1.82, 2.24) is 4.90 Å². The molecule has 0 spiro atoms. The topological polar surface area (TPSA) is 58.6 Å². The number of benzene rings is 1. The molecular formula is C18H22N2O3S. The molecule has 0 saturated carbocycles. The molecule has 0 fully saturated rings. The largest absolute Gasteiger partial charge is 0.497 e. The lowest BCUT2D eigenvalue weighted by Gasteiger charge is -2.19. The summed E-state index contributed by atoms with van der Waals surface area (Å²) in [5, 5.41) is 2.79. The minimum absolute atomic E-state index is 0.0197. The van der Waals surface area contributed by atoms with Crippen molar-refractivity contribution in [2.24, 2.45) is 0 Å². The molecule has 0 aliphatic heterocycles. The Labute approximate surface area is 146 Å². The Kier molecular flexibility index (Phi) is 6.37. The maximum absolute atomic E-state index is 12.5. The van der Waals surface area contributed by atoms with Crippen LogP contribution in [-0.2, 0) is 11.2 Å². The number of thiophene rings is 1. The summed E-state index contributed by atoms with van der Waals surface area (Å²) in [5.74, 6) is 0.329. The molecule has 5 nitrogen and oxygen atoms in total. The quantitative estimate of drug-likeness (QED) is 0.836. The zero-order valence-corrected chi connectivity index (χ0v) is 15.0. The number of ether oxygens (including phenoxy) is 1. The number of rotatable bonds is 7. The second-order valence-corrected chi connectivity index (χ2v) is 6.39. The molecule has 0 aliphatic rings. The van der Waals surface area contributed by atoms with E-state index in [1.54, 1.807) is 36.3 Å². The highest BCUT2D eigenvalue weighted by atomic mass is 32.1. The third-order valence-electron chi connectivity index (χ3n) is 3.58. The van der Waals surface area contributed by atoms with E-state index >= 15 is 0 Å². The van der Waals surface area contributed by atoms with E-state index in [4.69, 9.17) is 4.74 Å². The fraction of sp³-hybridized carbons (Fsp3) is 0.333. The summed E-state index contributed by atoms with van der Waals surface area (Å²) in [4.78, 5) is 28.1. The van der Waals surface area contributed by atoms with Gasteiger partial charge in [-0.15, -0.1) is 11.3 Å². The Balaban J connectivity index is 2.00. The number of carbonyl (C=O) groups excluding carboxylic acids is 2. The number of carbonyl (C=O) groups is 2. The van der Waals surface area contributed by atoms with Crippen molar-refractivity contribution in [3.63, 3.8) is 0 Å². The van der Waals surface area contributed by atoms with Gasteiger partial charge >= 0.3 is 0 Å². The third kappa shape index (κ3) is 4.58. The Morgan fingerprint density at radius 2 is 2.00 bits per heavy atom. The summed E-state index contributed by atoms with van der Waals surface area (Å²) >= 11 is 1.48. The normalized spacial score (nSPS) is 10.3. The molecular weight excluding hydrogens is 324 g/mol. The van der Waals surface area contributed by atoms with Crippen molar-refractivity contribution in [2.75, 3.05) is 25.5 Å². The smallest absolute Gasteiger partial charge is 0.264 e. The molecule has 1 heterocycles. The maximum atomic E-state index is 12.5. The SMILES string of the molecule is CCc1ccc(C(=O)N(CC)CC(=O)Nc2cccc(OC)c2)s1. The number of methoxy groups -OCH3 is 1. The number of likely N-dealkylation sites (N-methyl/N-ethyl adjacent to an activating group) is 1. The first-order chi connectivity index (χ1) is 11.6. The van der Waals surface area contributed by atoms with Gasteiger partial charge in [-0.05, 0) is 37.6 Å². The first-order valence-corrected chi connectivity index (χ1v) is 8.70. The van der Waals surface area contributed by atoms with Crippen molar-refractivity contribution < 1.29 is 14.3 Å². The molecule has 0 radical (unpaired) electrons. The van der Waals surface area contributed by atoms with Crippen molar-refractivity contribution in [3.8, 4) is 5.75 Å². The minimum atomic E-state index is -0.231. The molecule has 0 unspecified atom stereocenters. The van der Waals surface area contributed by atoms with Crippen molar-refractivity contribution in [1.29, 1.82) is 0 Å². The molecule has 0 aliphatic carbocycles. The van der Waals surface area contributed by atoms with E-state index in [1.807, 2.05) is 19.1 Å². The fourth-order valence-corrected chi connectivity index (χ4v) is 3.16. The molecule has 6 heteroatoms. The molecule has 1 aromatic heterocycles. The summed E-state index contributed by atoms with van der Waals surface area (Å²) in [6.07, 6.45) is 0.903. The number of hydrogen-bond donors (Lipinski definition) is 1. The highest BCUT2D eigenvalue weighted by Crippen LogP contribution is 2.19. The predicted molar refractivity (Wildman–Crippen MR) is 96.9 cm³/mol. The summed E-state index contributed by atoms with van der Waals surface area (Å²) in [7, 11) is 1.57. The molecule has 2 amide bonds. The van der Waals surface area contributed by atoms with Crippen LogP contribution in [0.1, 0.15) is 28.4 Å². The highest BCUT2D eigenvalue weighted by molar-refractivity contribution is 7.14. The van der Waals surface area contributed by atoms with Crippen LogP contribution in [0.5, 0.6) is 5.75 Å². The zero-order valence-electron chi connectivity index (χ0n) is 14.2. The molecule has 0 atom stereocenters. The molecule has 1 aromatic carbocycles. The Morgan fingerprint density at radius 1 is 1.21 bits per heavy atom. The first-order valence-electron chi connectivity index (χ1n) is 7.89. The maximum Gasteiger partial charge on any atom is 0.264 e. The lowest BCUT2D eigenvalue weighted by Crippen LogP contribution is -2.37.